The zero-order valence-electron chi connectivity index (χ0n) is 10.9. The minimum absolute atomic E-state index is 0.102. The molecule has 0 radical (unpaired) electrons. The first-order valence-electron chi connectivity index (χ1n) is 6.76. The van der Waals surface area contributed by atoms with E-state index >= 15 is 0 Å². The molecule has 1 heterocycles. The largest absolute Gasteiger partial charge is 0.393 e. The number of nitrogens with one attached hydrogen (secondary N) is 1. The van der Waals surface area contributed by atoms with Crippen LogP contribution in [0.25, 0.3) is 0 Å². The van der Waals surface area contributed by atoms with Gasteiger partial charge >= 0.3 is 0 Å². The molecule has 17 heavy (non-hydrogen) atoms. The topological polar surface area (TPSA) is 52.6 Å². The summed E-state index contributed by atoms with van der Waals surface area (Å²) in [6, 6.07) is 0.224. The highest BCUT2D eigenvalue weighted by Gasteiger charge is 2.41. The van der Waals surface area contributed by atoms with Crippen molar-refractivity contribution in [1.82, 2.24) is 10.2 Å². The van der Waals surface area contributed by atoms with E-state index in [9.17, 15) is 9.90 Å². The Kier molecular flexibility index (Phi) is 4.05. The van der Waals surface area contributed by atoms with Crippen LogP contribution < -0.4 is 5.32 Å². The predicted molar refractivity (Wildman–Crippen MR) is 66.6 cm³/mol. The van der Waals surface area contributed by atoms with E-state index in [4.69, 9.17) is 0 Å². The lowest BCUT2D eigenvalue weighted by Crippen LogP contribution is -2.34. The van der Waals surface area contributed by atoms with Crippen molar-refractivity contribution >= 4 is 5.91 Å². The summed E-state index contributed by atoms with van der Waals surface area (Å²) in [6.07, 6.45) is 2.60. The van der Waals surface area contributed by atoms with Crippen LogP contribution in [-0.2, 0) is 4.79 Å². The van der Waals surface area contributed by atoms with E-state index in [0.29, 0.717) is 18.3 Å². The van der Waals surface area contributed by atoms with Crippen LogP contribution >= 0.6 is 0 Å². The average Bonchev–Trinajstić information content (AvgIpc) is 2.77. The third-order valence-corrected chi connectivity index (χ3v) is 4.00. The SMILES string of the molecule is CC(C)NC(=O)CCN1CC2CCC(O)C2C1. The second kappa shape index (κ2) is 5.36. The van der Waals surface area contributed by atoms with Crippen molar-refractivity contribution in [2.24, 2.45) is 11.8 Å². The molecule has 2 fully saturated rings. The van der Waals surface area contributed by atoms with Crippen LogP contribution in [0.4, 0.5) is 0 Å². The minimum Gasteiger partial charge on any atom is -0.393 e. The number of nitrogens with zero attached hydrogens (tertiary/aromatic N) is 1. The highest BCUT2D eigenvalue weighted by Crippen LogP contribution is 2.37. The fourth-order valence-corrected chi connectivity index (χ4v) is 3.17. The molecular formula is C13H24N2O2. The molecule has 4 heteroatoms. The molecule has 98 valence electrons. The second-order valence-corrected chi connectivity index (χ2v) is 5.80. The van der Waals surface area contributed by atoms with Crippen LogP contribution in [0.3, 0.4) is 0 Å². The van der Waals surface area contributed by atoms with Crippen molar-refractivity contribution in [2.45, 2.75) is 45.3 Å². The van der Waals surface area contributed by atoms with E-state index in [1.807, 2.05) is 13.8 Å². The first kappa shape index (κ1) is 12.8. The van der Waals surface area contributed by atoms with Gasteiger partial charge in [0.25, 0.3) is 0 Å². The molecule has 1 saturated carbocycles. The molecule has 4 nitrogen and oxygen atoms in total. The first-order valence-corrected chi connectivity index (χ1v) is 6.76. The maximum atomic E-state index is 11.5. The van der Waals surface area contributed by atoms with Gasteiger partial charge in [-0.3, -0.25) is 4.79 Å². The monoisotopic (exact) mass is 240 g/mol. The predicted octanol–water partition coefficient (Wildman–Crippen LogP) is 0.604. The Labute approximate surface area is 103 Å². The zero-order chi connectivity index (χ0) is 12.4. The van der Waals surface area contributed by atoms with Crippen LogP contribution in [0, 0.1) is 11.8 Å². The molecule has 1 amide bonds. The summed E-state index contributed by atoms with van der Waals surface area (Å²) < 4.78 is 0. The Morgan fingerprint density at radius 2 is 2.18 bits per heavy atom. The molecular weight excluding hydrogens is 216 g/mol. The van der Waals surface area contributed by atoms with Crippen molar-refractivity contribution in [2.75, 3.05) is 19.6 Å². The van der Waals surface area contributed by atoms with Gasteiger partial charge in [-0.05, 0) is 32.6 Å². The van der Waals surface area contributed by atoms with Gasteiger partial charge in [0.05, 0.1) is 6.10 Å². The van der Waals surface area contributed by atoms with Crippen LogP contribution in [-0.4, -0.2) is 47.7 Å². The molecule has 0 aromatic heterocycles. The Morgan fingerprint density at radius 1 is 1.41 bits per heavy atom. The first-order chi connectivity index (χ1) is 8.06. The zero-order valence-corrected chi connectivity index (χ0v) is 10.9. The fourth-order valence-electron chi connectivity index (χ4n) is 3.17. The van der Waals surface area contributed by atoms with Gasteiger partial charge in [-0.25, -0.2) is 0 Å². The summed E-state index contributed by atoms with van der Waals surface area (Å²) in [5.41, 5.74) is 0. The van der Waals surface area contributed by atoms with Crippen molar-refractivity contribution < 1.29 is 9.90 Å². The number of rotatable bonds is 4. The number of likely N-dealkylation sites (tertiary alicyclic amines) is 1. The average molecular weight is 240 g/mol. The normalized spacial score (nSPS) is 33.1. The van der Waals surface area contributed by atoms with E-state index in [0.717, 1.165) is 32.5 Å². The van der Waals surface area contributed by atoms with E-state index < -0.39 is 0 Å². The van der Waals surface area contributed by atoms with Gasteiger partial charge in [0.2, 0.25) is 5.91 Å². The van der Waals surface area contributed by atoms with Gasteiger partial charge in [-0.15, -0.1) is 0 Å². The molecule has 3 atom stereocenters. The van der Waals surface area contributed by atoms with Gasteiger partial charge in [0.15, 0.2) is 0 Å². The number of amides is 1. The van der Waals surface area contributed by atoms with Crippen molar-refractivity contribution in [1.29, 1.82) is 0 Å². The minimum atomic E-state index is -0.102. The number of hydrogen-bond acceptors (Lipinski definition) is 3. The summed E-state index contributed by atoms with van der Waals surface area (Å²) in [5, 5.41) is 12.7. The van der Waals surface area contributed by atoms with E-state index in [2.05, 4.69) is 10.2 Å². The third-order valence-electron chi connectivity index (χ3n) is 4.00. The molecule has 1 aliphatic carbocycles. The Morgan fingerprint density at radius 3 is 2.82 bits per heavy atom. The van der Waals surface area contributed by atoms with Crippen molar-refractivity contribution in [3.05, 3.63) is 0 Å². The maximum Gasteiger partial charge on any atom is 0.221 e. The number of carbonyl (C=O) groups excluding carboxylic acids is 1. The van der Waals surface area contributed by atoms with E-state index in [-0.39, 0.29) is 18.1 Å². The van der Waals surface area contributed by atoms with Gasteiger partial charge < -0.3 is 15.3 Å². The number of fused-ring (bicyclic) bond motifs is 1. The lowest BCUT2D eigenvalue weighted by molar-refractivity contribution is -0.121. The number of hydrogen-bond donors (Lipinski definition) is 2. The molecule has 1 aliphatic heterocycles. The summed E-state index contributed by atoms with van der Waals surface area (Å²) in [5.74, 6) is 1.26. The standard InChI is InChI=1S/C13H24N2O2/c1-9(2)14-13(17)5-6-15-7-10-3-4-12(16)11(10)8-15/h9-12,16H,3-8H2,1-2H3,(H,14,17). The summed E-state index contributed by atoms with van der Waals surface area (Å²) in [7, 11) is 0. The van der Waals surface area contributed by atoms with Crippen molar-refractivity contribution in [3.63, 3.8) is 0 Å². The number of carbonyl (C=O) groups is 1. The Balaban J connectivity index is 1.70. The molecule has 0 aromatic carbocycles. The second-order valence-electron chi connectivity index (χ2n) is 5.80. The van der Waals surface area contributed by atoms with Gasteiger partial charge in [0, 0.05) is 38.0 Å². The van der Waals surface area contributed by atoms with Gasteiger partial charge in [-0.2, -0.15) is 0 Å². The molecule has 0 aromatic rings. The third kappa shape index (κ3) is 3.19. The molecule has 2 N–H and O–H groups in total. The Bertz CT molecular complexity index is 281. The highest BCUT2D eigenvalue weighted by molar-refractivity contribution is 5.76. The highest BCUT2D eigenvalue weighted by atomic mass is 16.3. The maximum absolute atomic E-state index is 11.5. The molecule has 3 unspecified atom stereocenters. The molecule has 2 aliphatic rings. The van der Waals surface area contributed by atoms with E-state index in [1.165, 1.54) is 0 Å². The lowest BCUT2D eigenvalue weighted by atomic mass is 10.00. The van der Waals surface area contributed by atoms with Crippen LogP contribution in [0.15, 0.2) is 0 Å². The Hall–Kier alpha value is -0.610. The summed E-state index contributed by atoms with van der Waals surface area (Å²) >= 11 is 0. The van der Waals surface area contributed by atoms with Crippen molar-refractivity contribution in [3.8, 4) is 0 Å². The molecule has 0 bridgehead atoms. The number of aliphatic hydroxyl groups excluding tert-OH is 1. The fraction of sp³-hybridized carbons (Fsp3) is 0.923. The van der Waals surface area contributed by atoms with Crippen LogP contribution in [0.2, 0.25) is 0 Å². The van der Waals surface area contributed by atoms with E-state index in [1.54, 1.807) is 0 Å². The summed E-state index contributed by atoms with van der Waals surface area (Å²) in [4.78, 5) is 13.9. The lowest BCUT2D eigenvalue weighted by Gasteiger charge is -2.18. The van der Waals surface area contributed by atoms with Crippen LogP contribution in [0.5, 0.6) is 0 Å². The molecule has 1 saturated heterocycles. The molecule has 2 rings (SSSR count). The van der Waals surface area contributed by atoms with Gasteiger partial charge in [0.1, 0.15) is 0 Å². The smallest absolute Gasteiger partial charge is 0.221 e. The van der Waals surface area contributed by atoms with Crippen LogP contribution in [0.1, 0.15) is 33.1 Å². The van der Waals surface area contributed by atoms with Gasteiger partial charge in [-0.1, -0.05) is 0 Å². The molecule has 0 spiro atoms. The summed E-state index contributed by atoms with van der Waals surface area (Å²) in [6.45, 7) is 6.83. The quantitative estimate of drug-likeness (QED) is 0.757. The number of aliphatic hydroxyl groups is 1.